The van der Waals surface area contributed by atoms with Crippen LogP contribution in [0.1, 0.15) is 12.5 Å². The minimum absolute atomic E-state index is 0.510. The topological polar surface area (TPSA) is 65.2 Å². The van der Waals surface area contributed by atoms with Gasteiger partial charge in [-0.1, -0.05) is 42.4 Å². The Morgan fingerprint density at radius 3 is 2.54 bits per heavy atom. The molecule has 2 aromatic carbocycles. The molecule has 2 aromatic rings. The second kappa shape index (κ2) is 8.63. The third kappa shape index (κ3) is 4.82. The van der Waals surface area contributed by atoms with Crippen molar-refractivity contribution in [3.05, 3.63) is 47.0 Å². The molecule has 26 heavy (non-hydrogen) atoms. The number of nitrogens with zero attached hydrogens (tertiary/aromatic N) is 2. The quantitative estimate of drug-likeness (QED) is 0.263. The zero-order valence-electron chi connectivity index (χ0n) is 14.9. The van der Waals surface area contributed by atoms with Gasteiger partial charge >= 0.3 is 0 Å². The molecule has 1 N–H and O–H groups in total. The van der Waals surface area contributed by atoms with Crippen LogP contribution in [0.4, 0.5) is 5.69 Å². The Hall–Kier alpha value is -1.94. The summed E-state index contributed by atoms with van der Waals surface area (Å²) in [5, 5.41) is 12.4. The summed E-state index contributed by atoms with van der Waals surface area (Å²) in [5.41, 5.74) is 3.63. The highest BCUT2D eigenvalue weighted by Crippen LogP contribution is 2.36. The molecule has 4 nitrogen and oxygen atoms in total. The van der Waals surface area contributed by atoms with Gasteiger partial charge < -0.3 is 0 Å². The molecule has 0 fully saturated rings. The molecule has 7 heteroatoms. The highest BCUT2D eigenvalue weighted by molar-refractivity contribution is 8.13. The van der Waals surface area contributed by atoms with E-state index in [4.69, 9.17) is 16.9 Å². The van der Waals surface area contributed by atoms with Crippen LogP contribution in [0.25, 0.3) is 11.1 Å². The van der Waals surface area contributed by atoms with Gasteiger partial charge in [0.15, 0.2) is 11.4 Å². The second-order valence-corrected chi connectivity index (χ2v) is 9.39. The zero-order valence-corrected chi connectivity index (χ0v) is 17.3. The van der Waals surface area contributed by atoms with Gasteiger partial charge in [-0.2, -0.15) is 5.26 Å². The Balaban J connectivity index is 2.52. The molecule has 0 aliphatic heterocycles. The third-order valence-electron chi connectivity index (χ3n) is 3.77. The number of aliphatic imine (C=N–C) groups is 1. The molecule has 136 valence electrons. The summed E-state index contributed by atoms with van der Waals surface area (Å²) >= 11 is 7.90. The van der Waals surface area contributed by atoms with Gasteiger partial charge in [-0.25, -0.2) is 4.99 Å². The summed E-state index contributed by atoms with van der Waals surface area (Å²) in [6.07, 6.45) is 6.12. The minimum atomic E-state index is -2.24. The highest BCUT2D eigenvalue weighted by Gasteiger charge is 2.12. The number of aryl methyl sites for hydroxylation is 1. The van der Waals surface area contributed by atoms with Crippen molar-refractivity contribution < 1.29 is 4.21 Å². The molecule has 0 bridgehead atoms. The van der Waals surface area contributed by atoms with E-state index in [1.165, 1.54) is 11.8 Å². The molecule has 0 aromatic heterocycles. The van der Waals surface area contributed by atoms with E-state index in [1.807, 2.05) is 42.8 Å². The standard InChI is InChI=1S/C19H20ClN3OS2/c1-5-13-10-15(23-19(25-2)22-12-21)11-17(20)18(13)14-6-8-16(9-7-14)26(3,4)24/h6-11H,3,5H2,1-2,4H3,(H,22,23). The molecule has 0 aliphatic rings. The maximum Gasteiger partial charge on any atom is 0.183 e. The fourth-order valence-corrected chi connectivity index (χ4v) is 3.91. The van der Waals surface area contributed by atoms with Crippen LogP contribution < -0.4 is 5.32 Å². The van der Waals surface area contributed by atoms with Crippen molar-refractivity contribution in [2.45, 2.75) is 18.2 Å². The Morgan fingerprint density at radius 2 is 2.04 bits per heavy atom. The Kier molecular flexibility index (Phi) is 6.76. The fraction of sp³-hybridized carbons (Fsp3) is 0.211. The van der Waals surface area contributed by atoms with Crippen molar-refractivity contribution in [2.24, 2.45) is 4.99 Å². The largest absolute Gasteiger partial charge is 0.271 e. The van der Waals surface area contributed by atoms with E-state index >= 15 is 0 Å². The van der Waals surface area contributed by atoms with Crippen molar-refractivity contribution in [1.29, 1.82) is 5.26 Å². The van der Waals surface area contributed by atoms with E-state index in [2.05, 4.69) is 23.1 Å². The molecular formula is C19H20ClN3OS2. The number of benzene rings is 2. The Labute approximate surface area is 164 Å². The van der Waals surface area contributed by atoms with E-state index in [1.54, 1.807) is 12.3 Å². The first-order valence-corrected chi connectivity index (χ1v) is 11.6. The first-order valence-electron chi connectivity index (χ1n) is 7.83. The van der Waals surface area contributed by atoms with Gasteiger partial charge in [0, 0.05) is 16.7 Å². The number of nitrogens with one attached hydrogen (secondary N) is 1. The number of thioether (sulfide) groups is 1. The molecule has 0 saturated carbocycles. The van der Waals surface area contributed by atoms with E-state index in [0.29, 0.717) is 20.8 Å². The van der Waals surface area contributed by atoms with Gasteiger partial charge in [-0.05, 0) is 63.5 Å². The molecule has 1 unspecified atom stereocenters. The van der Waals surface area contributed by atoms with Crippen LogP contribution in [0.5, 0.6) is 0 Å². The molecule has 0 saturated heterocycles. The number of hydrogen-bond donors (Lipinski definition) is 1. The fourth-order valence-electron chi connectivity index (χ4n) is 2.51. The van der Waals surface area contributed by atoms with Gasteiger partial charge in [0.1, 0.15) is 0 Å². The van der Waals surface area contributed by atoms with E-state index in [0.717, 1.165) is 23.1 Å². The number of hydrogen-bond acceptors (Lipinski definition) is 4. The average Bonchev–Trinajstić information content (AvgIpc) is 2.60. The monoisotopic (exact) mass is 405 g/mol. The Bertz CT molecular complexity index is 975. The van der Waals surface area contributed by atoms with Crippen LogP contribution in [0.3, 0.4) is 0 Å². The molecule has 0 amide bonds. The molecule has 2 rings (SSSR count). The van der Waals surface area contributed by atoms with Crippen molar-refractivity contribution in [3.8, 4) is 17.3 Å². The lowest BCUT2D eigenvalue weighted by molar-refractivity contribution is 0.685. The average molecular weight is 406 g/mol. The number of amidine groups is 1. The molecule has 0 heterocycles. The smallest absolute Gasteiger partial charge is 0.183 e. The van der Waals surface area contributed by atoms with E-state index < -0.39 is 9.52 Å². The van der Waals surface area contributed by atoms with Gasteiger partial charge in [-0.3, -0.25) is 9.53 Å². The van der Waals surface area contributed by atoms with Crippen LogP contribution in [-0.4, -0.2) is 27.8 Å². The van der Waals surface area contributed by atoms with E-state index in [9.17, 15) is 4.21 Å². The number of nitriles is 1. The maximum atomic E-state index is 12.1. The summed E-state index contributed by atoms with van der Waals surface area (Å²) in [7, 11) is -2.24. The van der Waals surface area contributed by atoms with E-state index in [-0.39, 0.29) is 0 Å². The van der Waals surface area contributed by atoms with Gasteiger partial charge in [0.25, 0.3) is 0 Å². The van der Waals surface area contributed by atoms with Crippen LogP contribution in [0.2, 0.25) is 5.02 Å². The van der Waals surface area contributed by atoms with Crippen molar-refractivity contribution >= 4 is 49.6 Å². The SMILES string of the molecule is C=S(C)(=O)c1ccc(-c2c(Cl)cc(N=C(NC#N)SC)cc2CC)cc1. The Morgan fingerprint density at radius 1 is 1.38 bits per heavy atom. The van der Waals surface area contributed by atoms with Crippen molar-refractivity contribution in [2.75, 3.05) is 12.5 Å². The van der Waals surface area contributed by atoms with Crippen LogP contribution >= 0.6 is 23.4 Å². The van der Waals surface area contributed by atoms with Crippen LogP contribution in [0.15, 0.2) is 46.3 Å². The van der Waals surface area contributed by atoms with Gasteiger partial charge in [-0.15, -0.1) is 0 Å². The highest BCUT2D eigenvalue weighted by atomic mass is 35.5. The summed E-state index contributed by atoms with van der Waals surface area (Å²) in [6, 6.07) is 11.2. The predicted octanol–water partition coefficient (Wildman–Crippen LogP) is 4.70. The lowest BCUT2D eigenvalue weighted by atomic mass is 9.97. The van der Waals surface area contributed by atoms with Gasteiger partial charge in [0.05, 0.1) is 10.7 Å². The van der Waals surface area contributed by atoms with Crippen molar-refractivity contribution in [3.63, 3.8) is 0 Å². The molecule has 1 atom stereocenters. The lowest BCUT2D eigenvalue weighted by Gasteiger charge is -2.13. The third-order valence-corrected chi connectivity index (χ3v) is 5.91. The minimum Gasteiger partial charge on any atom is -0.271 e. The summed E-state index contributed by atoms with van der Waals surface area (Å²) in [6.45, 7) is 2.05. The summed E-state index contributed by atoms with van der Waals surface area (Å²) in [5.74, 6) is 3.71. The number of rotatable bonds is 4. The van der Waals surface area contributed by atoms with Gasteiger partial charge in [0.2, 0.25) is 0 Å². The first kappa shape index (κ1) is 20.4. The molecular weight excluding hydrogens is 386 g/mol. The predicted molar refractivity (Wildman–Crippen MR) is 115 cm³/mol. The van der Waals surface area contributed by atoms with Crippen molar-refractivity contribution in [1.82, 2.24) is 5.32 Å². The lowest BCUT2D eigenvalue weighted by Crippen LogP contribution is -2.12. The molecule has 0 radical (unpaired) electrons. The normalized spacial score (nSPS) is 13.7. The maximum absolute atomic E-state index is 12.1. The second-order valence-electron chi connectivity index (χ2n) is 5.70. The molecule has 0 aliphatic carbocycles. The number of halogens is 1. The van der Waals surface area contributed by atoms with Crippen LogP contribution in [0, 0.1) is 11.5 Å². The zero-order chi connectivity index (χ0) is 19.3. The summed E-state index contributed by atoms with van der Waals surface area (Å²) in [4.78, 5) is 5.14. The molecule has 0 spiro atoms. The first-order chi connectivity index (χ1) is 12.3. The summed E-state index contributed by atoms with van der Waals surface area (Å²) < 4.78 is 12.1. The van der Waals surface area contributed by atoms with Crippen LogP contribution in [-0.2, 0) is 15.9 Å².